The largest absolute Gasteiger partial charge is 0.340 e. The predicted octanol–water partition coefficient (Wildman–Crippen LogP) is 1.02. The molecule has 0 atom stereocenters. The minimum Gasteiger partial charge on any atom is -0.340 e. The molecule has 0 aliphatic carbocycles. The third-order valence-electron chi connectivity index (χ3n) is 4.93. The van der Waals surface area contributed by atoms with Crippen LogP contribution in [0.2, 0.25) is 0 Å². The van der Waals surface area contributed by atoms with Crippen LogP contribution in [0.4, 0.5) is 0 Å². The maximum absolute atomic E-state index is 11.9. The summed E-state index contributed by atoms with van der Waals surface area (Å²) in [5, 5.41) is 13.0. The van der Waals surface area contributed by atoms with Crippen molar-refractivity contribution in [3.63, 3.8) is 0 Å². The first-order valence-electron chi connectivity index (χ1n) is 8.40. The number of piperidine rings is 1. The summed E-state index contributed by atoms with van der Waals surface area (Å²) in [6.45, 7) is 5.67. The number of hydrogen-bond acceptors (Lipinski definition) is 5. The molecule has 4 rings (SSSR count). The molecule has 0 saturated carbocycles. The van der Waals surface area contributed by atoms with E-state index in [1.807, 2.05) is 23.6 Å². The Morgan fingerprint density at radius 2 is 2.00 bits per heavy atom. The Hall–Kier alpha value is -2.02. The molecule has 7 nitrogen and oxygen atoms in total. The second kappa shape index (κ2) is 5.88. The molecule has 0 spiro atoms. The second-order valence-corrected chi connectivity index (χ2v) is 6.56. The second-order valence-electron chi connectivity index (χ2n) is 6.56. The molecule has 2 aliphatic heterocycles. The van der Waals surface area contributed by atoms with Crippen molar-refractivity contribution in [2.24, 2.45) is 0 Å². The highest BCUT2D eigenvalue weighted by molar-refractivity contribution is 5.78. The number of fused-ring (bicyclic) bond motifs is 1. The number of aryl methyl sites for hydroxylation is 1. The lowest BCUT2D eigenvalue weighted by atomic mass is 10.0. The third kappa shape index (κ3) is 2.81. The van der Waals surface area contributed by atoms with Gasteiger partial charge in [0.1, 0.15) is 0 Å². The molecule has 7 heteroatoms. The van der Waals surface area contributed by atoms with Gasteiger partial charge in [-0.15, -0.1) is 10.2 Å². The average Bonchev–Trinajstić information content (AvgIpc) is 3.15. The van der Waals surface area contributed by atoms with E-state index in [2.05, 4.69) is 25.1 Å². The third-order valence-corrected chi connectivity index (χ3v) is 4.93. The summed E-state index contributed by atoms with van der Waals surface area (Å²) < 4.78 is 1.84. The number of nitrogens with zero attached hydrogens (tertiary/aromatic N) is 6. The van der Waals surface area contributed by atoms with Crippen molar-refractivity contribution in [3.8, 4) is 0 Å². The van der Waals surface area contributed by atoms with Gasteiger partial charge in [-0.05, 0) is 38.3 Å². The van der Waals surface area contributed by atoms with Crippen molar-refractivity contribution in [1.82, 2.24) is 29.6 Å². The van der Waals surface area contributed by atoms with Crippen LogP contribution in [0.5, 0.6) is 0 Å². The number of amides is 1. The van der Waals surface area contributed by atoms with Crippen LogP contribution in [0.25, 0.3) is 5.65 Å². The highest BCUT2D eigenvalue weighted by Gasteiger charge is 2.30. The molecule has 0 radical (unpaired) electrons. The molecule has 4 heterocycles. The number of rotatable bonds is 3. The van der Waals surface area contributed by atoms with Crippen LogP contribution >= 0.6 is 0 Å². The normalized spacial score (nSPS) is 20.7. The number of hydrogen-bond donors (Lipinski definition) is 0. The number of likely N-dealkylation sites (tertiary alicyclic amines) is 2. The van der Waals surface area contributed by atoms with E-state index in [-0.39, 0.29) is 0 Å². The molecular formula is C16H22N6O. The predicted molar refractivity (Wildman–Crippen MR) is 84.8 cm³/mol. The van der Waals surface area contributed by atoms with Crippen molar-refractivity contribution in [2.45, 2.75) is 45.2 Å². The molecule has 0 bridgehead atoms. The molecule has 2 saturated heterocycles. The van der Waals surface area contributed by atoms with Gasteiger partial charge in [0.15, 0.2) is 11.5 Å². The van der Waals surface area contributed by atoms with Crippen molar-refractivity contribution >= 4 is 11.6 Å². The number of carbonyl (C=O) groups excluding carboxylic acids is 1. The summed E-state index contributed by atoms with van der Waals surface area (Å²) in [6.07, 6.45) is 3.86. The van der Waals surface area contributed by atoms with Crippen molar-refractivity contribution in [3.05, 3.63) is 23.7 Å². The molecule has 0 aromatic carbocycles. The fraction of sp³-hybridized carbons (Fsp3) is 0.625. The van der Waals surface area contributed by atoms with E-state index in [0.29, 0.717) is 11.9 Å². The van der Waals surface area contributed by atoms with Gasteiger partial charge in [0, 0.05) is 32.1 Å². The van der Waals surface area contributed by atoms with Crippen LogP contribution in [-0.4, -0.2) is 61.2 Å². The van der Waals surface area contributed by atoms with Crippen molar-refractivity contribution < 1.29 is 4.79 Å². The summed E-state index contributed by atoms with van der Waals surface area (Å²) in [4.78, 5) is 16.4. The van der Waals surface area contributed by atoms with Gasteiger partial charge >= 0.3 is 0 Å². The Bertz CT molecular complexity index is 718. The van der Waals surface area contributed by atoms with Gasteiger partial charge in [0.05, 0.1) is 12.2 Å². The molecule has 0 unspecified atom stereocenters. The Labute approximate surface area is 135 Å². The number of aromatic nitrogens is 4. The molecule has 2 fully saturated rings. The highest BCUT2D eigenvalue weighted by atomic mass is 16.2. The van der Waals surface area contributed by atoms with E-state index in [1.165, 1.54) is 0 Å². The van der Waals surface area contributed by atoms with Gasteiger partial charge in [-0.3, -0.25) is 9.69 Å². The fourth-order valence-electron chi connectivity index (χ4n) is 3.67. The smallest absolute Gasteiger partial charge is 0.222 e. The van der Waals surface area contributed by atoms with E-state index >= 15 is 0 Å². The average molecular weight is 314 g/mol. The van der Waals surface area contributed by atoms with Gasteiger partial charge < -0.3 is 4.90 Å². The van der Waals surface area contributed by atoms with Gasteiger partial charge in [0.2, 0.25) is 5.91 Å². The lowest BCUT2D eigenvalue weighted by Gasteiger charge is -2.36. The minimum atomic E-state index is 0.339. The first-order valence-corrected chi connectivity index (χ1v) is 8.40. The van der Waals surface area contributed by atoms with Crippen LogP contribution in [-0.2, 0) is 11.3 Å². The summed E-state index contributed by atoms with van der Waals surface area (Å²) in [7, 11) is 0. The minimum absolute atomic E-state index is 0.339. The number of carbonyl (C=O) groups is 1. The summed E-state index contributed by atoms with van der Waals surface area (Å²) in [5.41, 5.74) is 1.76. The maximum Gasteiger partial charge on any atom is 0.222 e. The lowest BCUT2D eigenvalue weighted by Crippen LogP contribution is -2.45. The standard InChI is InChI=1S/C16H22N6O/c1-12-4-5-14-17-18-15(22(14)19-12)11-20-9-6-13(7-10-20)21-8-2-3-16(21)23/h4-5,13H,2-3,6-11H2,1H3. The monoisotopic (exact) mass is 314 g/mol. The van der Waals surface area contributed by atoms with E-state index in [1.54, 1.807) is 0 Å². The zero-order chi connectivity index (χ0) is 15.8. The Kier molecular flexibility index (Phi) is 3.72. The summed E-state index contributed by atoms with van der Waals surface area (Å²) >= 11 is 0. The zero-order valence-electron chi connectivity index (χ0n) is 13.5. The first kappa shape index (κ1) is 14.6. The van der Waals surface area contributed by atoms with E-state index in [9.17, 15) is 4.79 Å². The van der Waals surface area contributed by atoms with Crippen LogP contribution in [0, 0.1) is 6.92 Å². The summed E-state index contributed by atoms with van der Waals surface area (Å²) in [5.74, 6) is 1.23. The fourth-order valence-corrected chi connectivity index (χ4v) is 3.67. The molecule has 2 aromatic heterocycles. The first-order chi connectivity index (χ1) is 11.2. The van der Waals surface area contributed by atoms with Crippen LogP contribution in [0.3, 0.4) is 0 Å². The van der Waals surface area contributed by atoms with Crippen LogP contribution in [0.15, 0.2) is 12.1 Å². The highest BCUT2D eigenvalue weighted by Crippen LogP contribution is 2.22. The molecule has 2 aromatic rings. The van der Waals surface area contributed by atoms with Crippen LogP contribution in [0.1, 0.15) is 37.2 Å². The van der Waals surface area contributed by atoms with Crippen molar-refractivity contribution in [1.29, 1.82) is 0 Å². The Morgan fingerprint density at radius 1 is 1.17 bits per heavy atom. The molecule has 122 valence electrons. The molecule has 1 amide bonds. The SMILES string of the molecule is Cc1ccc2nnc(CN3CCC(N4CCCC4=O)CC3)n2n1. The summed E-state index contributed by atoms with van der Waals surface area (Å²) in [6, 6.07) is 4.33. The van der Waals surface area contributed by atoms with E-state index in [4.69, 9.17) is 0 Å². The molecule has 0 N–H and O–H groups in total. The lowest BCUT2D eigenvalue weighted by molar-refractivity contribution is -0.130. The Balaban J connectivity index is 1.40. The molecule has 23 heavy (non-hydrogen) atoms. The zero-order valence-corrected chi connectivity index (χ0v) is 13.5. The molecule has 2 aliphatic rings. The molecular weight excluding hydrogens is 292 g/mol. The maximum atomic E-state index is 11.9. The van der Waals surface area contributed by atoms with E-state index < -0.39 is 0 Å². The van der Waals surface area contributed by atoms with Gasteiger partial charge in [0.25, 0.3) is 0 Å². The quantitative estimate of drug-likeness (QED) is 0.846. The van der Waals surface area contributed by atoms with Gasteiger partial charge in [-0.2, -0.15) is 9.61 Å². The van der Waals surface area contributed by atoms with E-state index in [0.717, 1.165) is 69.0 Å². The van der Waals surface area contributed by atoms with Gasteiger partial charge in [-0.25, -0.2) is 0 Å². The van der Waals surface area contributed by atoms with Crippen molar-refractivity contribution in [2.75, 3.05) is 19.6 Å². The topological polar surface area (TPSA) is 66.6 Å². The Morgan fingerprint density at radius 3 is 2.74 bits per heavy atom. The van der Waals surface area contributed by atoms with Crippen LogP contribution < -0.4 is 0 Å². The van der Waals surface area contributed by atoms with Gasteiger partial charge in [-0.1, -0.05) is 0 Å².